The number of aromatic nitrogens is 1. The SMILES string of the molecule is Cc1cc(CC#N)nc(CN)c1C(F)F. The summed E-state index contributed by atoms with van der Waals surface area (Å²) in [5, 5.41) is 8.48. The van der Waals surface area contributed by atoms with Gasteiger partial charge in [-0.2, -0.15) is 5.26 Å². The van der Waals surface area contributed by atoms with E-state index in [1.54, 1.807) is 6.92 Å². The van der Waals surface area contributed by atoms with Crippen LogP contribution in [-0.2, 0) is 13.0 Å². The molecule has 0 aliphatic heterocycles. The molecule has 0 saturated carbocycles. The Kier molecular flexibility index (Phi) is 3.69. The zero-order chi connectivity index (χ0) is 11.4. The van der Waals surface area contributed by atoms with Crippen LogP contribution in [0.4, 0.5) is 8.78 Å². The Bertz CT molecular complexity index is 396. The molecule has 0 bridgehead atoms. The van der Waals surface area contributed by atoms with E-state index in [4.69, 9.17) is 11.0 Å². The minimum absolute atomic E-state index is 0.0419. The summed E-state index contributed by atoms with van der Waals surface area (Å²) in [5.74, 6) is 0. The van der Waals surface area contributed by atoms with Crippen molar-refractivity contribution in [2.24, 2.45) is 5.73 Å². The van der Waals surface area contributed by atoms with Gasteiger partial charge in [-0.15, -0.1) is 0 Å². The summed E-state index contributed by atoms with van der Waals surface area (Å²) in [6.45, 7) is 1.53. The van der Waals surface area contributed by atoms with Crippen molar-refractivity contribution in [2.45, 2.75) is 26.3 Å². The highest BCUT2D eigenvalue weighted by Gasteiger charge is 2.17. The largest absolute Gasteiger partial charge is 0.325 e. The van der Waals surface area contributed by atoms with Crippen LogP contribution < -0.4 is 5.73 Å². The third-order valence-electron chi connectivity index (χ3n) is 2.07. The number of nitrogens with zero attached hydrogens (tertiary/aromatic N) is 2. The lowest BCUT2D eigenvalue weighted by Crippen LogP contribution is -2.09. The maximum atomic E-state index is 12.6. The third-order valence-corrected chi connectivity index (χ3v) is 2.07. The number of hydrogen-bond donors (Lipinski definition) is 1. The molecule has 0 aliphatic rings. The van der Waals surface area contributed by atoms with Crippen molar-refractivity contribution in [1.82, 2.24) is 4.98 Å². The predicted molar refractivity (Wildman–Crippen MR) is 51.1 cm³/mol. The number of halogens is 2. The lowest BCUT2D eigenvalue weighted by atomic mass is 10.1. The van der Waals surface area contributed by atoms with Crippen molar-refractivity contribution < 1.29 is 8.78 Å². The molecule has 0 atom stereocenters. The fraction of sp³-hybridized carbons (Fsp3) is 0.400. The van der Waals surface area contributed by atoms with Crippen molar-refractivity contribution in [3.05, 3.63) is 28.6 Å². The maximum Gasteiger partial charge on any atom is 0.265 e. The number of rotatable bonds is 3. The van der Waals surface area contributed by atoms with Crippen molar-refractivity contribution in [3.8, 4) is 6.07 Å². The van der Waals surface area contributed by atoms with E-state index in [2.05, 4.69) is 4.98 Å². The van der Waals surface area contributed by atoms with Crippen LogP contribution in [0, 0.1) is 18.3 Å². The highest BCUT2D eigenvalue weighted by Crippen LogP contribution is 2.25. The summed E-state index contributed by atoms with van der Waals surface area (Å²) in [6.07, 6.45) is -2.47. The lowest BCUT2D eigenvalue weighted by molar-refractivity contribution is 0.149. The first-order chi connectivity index (χ1) is 7.10. The lowest BCUT2D eigenvalue weighted by Gasteiger charge is -2.11. The Labute approximate surface area is 86.5 Å². The monoisotopic (exact) mass is 211 g/mol. The molecule has 3 nitrogen and oxygen atoms in total. The molecule has 0 spiro atoms. The molecular formula is C10H11F2N3. The van der Waals surface area contributed by atoms with E-state index in [1.807, 2.05) is 6.07 Å². The quantitative estimate of drug-likeness (QED) is 0.829. The Morgan fingerprint density at radius 3 is 2.73 bits per heavy atom. The predicted octanol–water partition coefficient (Wildman–Crippen LogP) is 1.85. The molecule has 1 aromatic rings. The van der Waals surface area contributed by atoms with Gasteiger partial charge >= 0.3 is 0 Å². The Hall–Kier alpha value is -1.54. The minimum Gasteiger partial charge on any atom is -0.325 e. The second-order valence-electron chi connectivity index (χ2n) is 3.13. The number of nitrogens with two attached hydrogens (primary N) is 1. The van der Waals surface area contributed by atoms with Gasteiger partial charge in [0.25, 0.3) is 6.43 Å². The van der Waals surface area contributed by atoms with Gasteiger partial charge in [0.05, 0.1) is 23.9 Å². The van der Waals surface area contributed by atoms with E-state index < -0.39 is 6.43 Å². The molecule has 5 heteroatoms. The van der Waals surface area contributed by atoms with Gasteiger partial charge in [-0.3, -0.25) is 4.98 Å². The summed E-state index contributed by atoms with van der Waals surface area (Å²) in [7, 11) is 0. The highest BCUT2D eigenvalue weighted by atomic mass is 19.3. The standard InChI is InChI=1S/C10H11F2N3/c1-6-4-7(2-3-13)15-8(5-14)9(6)10(11)12/h4,10H,2,5,14H2,1H3. The molecule has 0 aromatic carbocycles. The van der Waals surface area contributed by atoms with E-state index in [1.165, 1.54) is 6.07 Å². The topological polar surface area (TPSA) is 62.7 Å². The van der Waals surface area contributed by atoms with Crippen LogP contribution in [0.5, 0.6) is 0 Å². The Balaban J connectivity index is 3.25. The number of hydrogen-bond acceptors (Lipinski definition) is 3. The van der Waals surface area contributed by atoms with Gasteiger partial charge in [-0.25, -0.2) is 8.78 Å². The fourth-order valence-corrected chi connectivity index (χ4v) is 1.45. The first-order valence-electron chi connectivity index (χ1n) is 4.44. The van der Waals surface area contributed by atoms with Crippen LogP contribution in [0.25, 0.3) is 0 Å². The Morgan fingerprint density at radius 2 is 2.27 bits per heavy atom. The molecule has 0 fully saturated rings. The molecule has 2 N–H and O–H groups in total. The van der Waals surface area contributed by atoms with Gasteiger partial charge in [0.1, 0.15) is 0 Å². The van der Waals surface area contributed by atoms with Crippen molar-refractivity contribution in [2.75, 3.05) is 0 Å². The Morgan fingerprint density at radius 1 is 1.60 bits per heavy atom. The number of pyridine rings is 1. The van der Waals surface area contributed by atoms with E-state index >= 15 is 0 Å². The second-order valence-corrected chi connectivity index (χ2v) is 3.13. The average molecular weight is 211 g/mol. The van der Waals surface area contributed by atoms with Crippen LogP contribution >= 0.6 is 0 Å². The van der Waals surface area contributed by atoms with Gasteiger partial charge in [0.15, 0.2) is 0 Å². The first kappa shape index (κ1) is 11.5. The summed E-state index contributed by atoms with van der Waals surface area (Å²) >= 11 is 0. The van der Waals surface area contributed by atoms with Crippen LogP contribution in [0.3, 0.4) is 0 Å². The summed E-state index contributed by atoms with van der Waals surface area (Å²) in [4.78, 5) is 3.94. The normalized spacial score (nSPS) is 10.4. The minimum atomic E-state index is -2.58. The van der Waals surface area contributed by atoms with Crippen LogP contribution in [0.2, 0.25) is 0 Å². The molecule has 0 aliphatic carbocycles. The van der Waals surface area contributed by atoms with Crippen molar-refractivity contribution >= 4 is 0 Å². The molecule has 0 unspecified atom stereocenters. The highest BCUT2D eigenvalue weighted by molar-refractivity contribution is 5.33. The van der Waals surface area contributed by atoms with Gasteiger partial charge in [-0.1, -0.05) is 0 Å². The molecule has 15 heavy (non-hydrogen) atoms. The van der Waals surface area contributed by atoms with Crippen molar-refractivity contribution in [1.29, 1.82) is 5.26 Å². The van der Waals surface area contributed by atoms with Crippen LogP contribution in [-0.4, -0.2) is 4.98 Å². The van der Waals surface area contributed by atoms with Crippen LogP contribution in [0.1, 0.15) is 28.9 Å². The van der Waals surface area contributed by atoms with E-state index in [0.29, 0.717) is 11.3 Å². The van der Waals surface area contributed by atoms with E-state index in [9.17, 15) is 8.78 Å². The summed E-state index contributed by atoms with van der Waals surface area (Å²) in [5.41, 5.74) is 6.33. The van der Waals surface area contributed by atoms with E-state index in [0.717, 1.165) is 0 Å². The molecular weight excluding hydrogens is 200 g/mol. The summed E-state index contributed by atoms with van der Waals surface area (Å²) in [6, 6.07) is 3.42. The van der Waals surface area contributed by atoms with Gasteiger partial charge in [0, 0.05) is 12.1 Å². The average Bonchev–Trinajstić information content (AvgIpc) is 2.16. The maximum absolute atomic E-state index is 12.6. The van der Waals surface area contributed by atoms with Crippen LogP contribution in [0.15, 0.2) is 6.07 Å². The zero-order valence-electron chi connectivity index (χ0n) is 8.30. The molecule has 80 valence electrons. The van der Waals surface area contributed by atoms with E-state index in [-0.39, 0.29) is 24.2 Å². The molecule has 1 aromatic heterocycles. The number of nitriles is 1. The molecule has 0 amide bonds. The smallest absolute Gasteiger partial charge is 0.265 e. The van der Waals surface area contributed by atoms with Gasteiger partial charge in [0.2, 0.25) is 0 Å². The fourth-order valence-electron chi connectivity index (χ4n) is 1.45. The first-order valence-corrected chi connectivity index (χ1v) is 4.44. The molecule has 1 rings (SSSR count). The van der Waals surface area contributed by atoms with Gasteiger partial charge in [-0.05, 0) is 18.6 Å². The molecule has 0 saturated heterocycles. The number of aryl methyl sites for hydroxylation is 1. The van der Waals surface area contributed by atoms with Crippen molar-refractivity contribution in [3.63, 3.8) is 0 Å². The zero-order valence-corrected chi connectivity index (χ0v) is 8.30. The number of alkyl halides is 2. The molecule has 1 heterocycles. The third kappa shape index (κ3) is 2.48. The summed E-state index contributed by atoms with van der Waals surface area (Å²) < 4.78 is 25.3. The van der Waals surface area contributed by atoms with Gasteiger partial charge < -0.3 is 5.73 Å². The second kappa shape index (κ2) is 4.80. The molecule has 0 radical (unpaired) electrons.